The fourth-order valence-corrected chi connectivity index (χ4v) is 5.10. The molecule has 12 heteroatoms. The van der Waals surface area contributed by atoms with Crippen molar-refractivity contribution < 1.29 is 23.6 Å². The Bertz CT molecular complexity index is 1170. The molecule has 2 saturated heterocycles. The number of hydrazine groups is 1. The van der Waals surface area contributed by atoms with Crippen molar-refractivity contribution in [2.24, 2.45) is 0 Å². The van der Waals surface area contributed by atoms with E-state index in [2.05, 4.69) is 15.6 Å². The number of oxazole rings is 1. The van der Waals surface area contributed by atoms with Crippen molar-refractivity contribution >= 4 is 57.8 Å². The molecule has 3 unspecified atom stereocenters. The molecule has 0 aliphatic carbocycles. The number of carbonyl (C=O) groups excluding carboxylic acids is 4. The van der Waals surface area contributed by atoms with Gasteiger partial charge in [-0.1, -0.05) is 36.5 Å². The van der Waals surface area contributed by atoms with E-state index < -0.39 is 29.8 Å². The number of rotatable bonds is 7. The first-order valence-corrected chi connectivity index (χ1v) is 12.4. The van der Waals surface area contributed by atoms with Gasteiger partial charge < -0.3 is 15.1 Å². The molecule has 35 heavy (non-hydrogen) atoms. The fourth-order valence-electron chi connectivity index (χ4n) is 4.58. The number of carbonyl (C=O) groups is 4. The van der Waals surface area contributed by atoms with E-state index in [1.165, 1.54) is 22.2 Å². The number of nitrogens with one attached hydrogen (secondary N) is 2. The van der Waals surface area contributed by atoms with Crippen LogP contribution in [0.4, 0.5) is 0 Å². The molecule has 3 atom stereocenters. The van der Waals surface area contributed by atoms with Crippen LogP contribution < -0.4 is 10.6 Å². The third-order valence-electron chi connectivity index (χ3n) is 6.34. The van der Waals surface area contributed by atoms with Crippen LogP contribution in [-0.4, -0.2) is 70.2 Å². The van der Waals surface area contributed by atoms with E-state index >= 15 is 0 Å². The molecule has 1 aromatic heterocycles. The number of fused-ring (bicyclic) bond motifs is 2. The average molecular weight is 524 g/mol. The van der Waals surface area contributed by atoms with Crippen molar-refractivity contribution in [1.82, 2.24) is 25.6 Å². The summed E-state index contributed by atoms with van der Waals surface area (Å²) in [5.41, 5.74) is 0.567. The molecule has 188 valence electrons. The van der Waals surface area contributed by atoms with E-state index in [0.717, 1.165) is 0 Å². The molecular formula is C23H27Cl2N5O5. The summed E-state index contributed by atoms with van der Waals surface area (Å²) in [5, 5.41) is 8.93. The summed E-state index contributed by atoms with van der Waals surface area (Å²) in [6.07, 6.45) is 2.44. The van der Waals surface area contributed by atoms with Crippen molar-refractivity contribution in [2.75, 3.05) is 13.6 Å². The predicted octanol–water partition coefficient (Wildman–Crippen LogP) is 2.72. The van der Waals surface area contributed by atoms with Gasteiger partial charge in [0.2, 0.25) is 17.6 Å². The lowest BCUT2D eigenvalue weighted by atomic mass is 10.0. The molecule has 0 bridgehead atoms. The molecule has 10 nitrogen and oxygen atoms in total. The van der Waals surface area contributed by atoms with Crippen LogP contribution >= 0.6 is 23.2 Å². The van der Waals surface area contributed by atoms with Gasteiger partial charge in [0.1, 0.15) is 11.6 Å². The quantitative estimate of drug-likeness (QED) is 0.534. The maximum Gasteiger partial charge on any atom is 0.266 e. The van der Waals surface area contributed by atoms with Gasteiger partial charge in [0, 0.05) is 18.0 Å². The highest BCUT2D eigenvalue weighted by Crippen LogP contribution is 2.29. The Kier molecular flexibility index (Phi) is 7.63. The van der Waals surface area contributed by atoms with Gasteiger partial charge in [0.25, 0.3) is 11.8 Å². The molecule has 0 saturated carbocycles. The Morgan fingerprint density at radius 2 is 2.03 bits per heavy atom. The first-order chi connectivity index (χ1) is 16.7. The van der Waals surface area contributed by atoms with Gasteiger partial charge in [-0.3, -0.25) is 24.2 Å². The van der Waals surface area contributed by atoms with E-state index in [-0.39, 0.29) is 34.7 Å². The molecule has 3 heterocycles. The van der Waals surface area contributed by atoms with Crippen LogP contribution in [0.2, 0.25) is 10.0 Å². The average Bonchev–Trinajstić information content (AvgIpc) is 3.22. The monoisotopic (exact) mass is 523 g/mol. The Morgan fingerprint density at radius 3 is 2.74 bits per heavy atom. The maximum absolute atomic E-state index is 13.4. The lowest BCUT2D eigenvalue weighted by Crippen LogP contribution is -2.64. The minimum atomic E-state index is -0.928. The first-order valence-electron chi connectivity index (χ1n) is 11.7. The number of likely N-dealkylation sites (N-methyl/N-ethyl adjacent to an activating group) is 1. The van der Waals surface area contributed by atoms with Gasteiger partial charge in [-0.25, -0.2) is 9.99 Å². The highest BCUT2D eigenvalue weighted by molar-refractivity contribution is 6.38. The van der Waals surface area contributed by atoms with Gasteiger partial charge in [-0.15, -0.1) is 0 Å². The number of ketones is 1. The number of Topliss-reactive ketones (excluding diaryl/α,β-unsaturated/α-hetero) is 1. The summed E-state index contributed by atoms with van der Waals surface area (Å²) >= 11 is 12.2. The smallest absolute Gasteiger partial charge is 0.266 e. The Balaban J connectivity index is 1.58. The predicted molar refractivity (Wildman–Crippen MR) is 129 cm³/mol. The number of benzene rings is 1. The van der Waals surface area contributed by atoms with Gasteiger partial charge >= 0.3 is 0 Å². The van der Waals surface area contributed by atoms with Crippen LogP contribution in [0.25, 0.3) is 11.1 Å². The minimum Gasteiger partial charge on any atom is -0.432 e. The van der Waals surface area contributed by atoms with Crippen molar-refractivity contribution in [2.45, 2.75) is 63.6 Å². The van der Waals surface area contributed by atoms with Crippen LogP contribution in [-0.2, 0) is 14.4 Å². The fraction of sp³-hybridized carbons (Fsp3) is 0.522. The molecular weight excluding hydrogens is 497 g/mol. The van der Waals surface area contributed by atoms with E-state index in [0.29, 0.717) is 49.2 Å². The summed E-state index contributed by atoms with van der Waals surface area (Å²) in [6.45, 7) is 2.25. The zero-order valence-electron chi connectivity index (χ0n) is 19.5. The second kappa shape index (κ2) is 10.5. The van der Waals surface area contributed by atoms with Gasteiger partial charge in [0.05, 0.1) is 17.1 Å². The van der Waals surface area contributed by atoms with E-state index in [1.54, 1.807) is 7.05 Å². The number of halogens is 2. The molecule has 0 radical (unpaired) electrons. The second-order valence-corrected chi connectivity index (χ2v) is 9.55. The summed E-state index contributed by atoms with van der Waals surface area (Å²) < 4.78 is 5.60. The van der Waals surface area contributed by atoms with Gasteiger partial charge in [-0.05, 0) is 44.9 Å². The highest BCUT2D eigenvalue weighted by Gasteiger charge is 2.44. The molecule has 2 aromatic rings. The lowest BCUT2D eigenvalue weighted by molar-refractivity contribution is -0.176. The van der Waals surface area contributed by atoms with Crippen molar-refractivity contribution in [3.63, 3.8) is 0 Å². The maximum atomic E-state index is 13.4. The number of hydrogen-bond donors (Lipinski definition) is 2. The van der Waals surface area contributed by atoms with Crippen molar-refractivity contribution in [1.29, 1.82) is 0 Å². The molecule has 2 aliphatic heterocycles. The van der Waals surface area contributed by atoms with Crippen LogP contribution in [0.1, 0.15) is 56.1 Å². The Labute approximate surface area is 212 Å². The van der Waals surface area contributed by atoms with Crippen LogP contribution in [0.3, 0.4) is 0 Å². The molecule has 3 amide bonds. The third kappa shape index (κ3) is 5.00. The summed E-state index contributed by atoms with van der Waals surface area (Å²) in [6, 6.07) is 0.624. The summed E-state index contributed by atoms with van der Waals surface area (Å²) in [4.78, 5) is 56.7. The van der Waals surface area contributed by atoms with E-state index in [9.17, 15) is 19.2 Å². The molecule has 1 aromatic carbocycles. The normalized spacial score (nSPS) is 21.6. The number of nitrogens with zero attached hydrogens (tertiary/aromatic N) is 3. The first kappa shape index (κ1) is 25.4. The van der Waals surface area contributed by atoms with Gasteiger partial charge in [0.15, 0.2) is 5.58 Å². The molecule has 2 aliphatic rings. The van der Waals surface area contributed by atoms with E-state index in [1.807, 2.05) is 6.92 Å². The highest BCUT2D eigenvalue weighted by atomic mass is 35.5. The van der Waals surface area contributed by atoms with Crippen molar-refractivity contribution in [3.05, 3.63) is 28.1 Å². The zero-order valence-corrected chi connectivity index (χ0v) is 21.0. The molecule has 2 fully saturated rings. The molecule has 4 rings (SSSR count). The van der Waals surface area contributed by atoms with Gasteiger partial charge in [-0.2, -0.15) is 0 Å². The number of hydrogen-bond acceptors (Lipinski definition) is 7. The van der Waals surface area contributed by atoms with Crippen LogP contribution in [0, 0.1) is 0 Å². The minimum absolute atomic E-state index is 0.190. The SMILES string of the molecule is CCCC(NC(=O)C1CCCN2C(=O)CCC(NC)C(=O)N12)C(=O)c1nc2cc(Cl)cc(Cl)c2o1. The third-order valence-corrected chi connectivity index (χ3v) is 6.84. The molecule has 2 N–H and O–H groups in total. The number of aromatic nitrogens is 1. The molecule has 0 spiro atoms. The topological polar surface area (TPSA) is 125 Å². The largest absolute Gasteiger partial charge is 0.432 e. The van der Waals surface area contributed by atoms with E-state index in [4.69, 9.17) is 27.6 Å². The van der Waals surface area contributed by atoms with Crippen molar-refractivity contribution in [3.8, 4) is 0 Å². The summed E-state index contributed by atoms with van der Waals surface area (Å²) in [7, 11) is 1.65. The standard InChI is InChI=1S/C23H27Cl2N5O5/c1-3-5-14(19(32)22-28-16-11-12(24)10-13(25)20(16)35-22)27-21(33)17-6-4-9-29-18(31)8-7-15(26-2)23(34)30(17)29/h10-11,14-15,17,26H,3-9H2,1-2H3,(H,27,33). The Hall–Kier alpha value is -2.69. The van der Waals surface area contributed by atoms with Crippen LogP contribution in [0.15, 0.2) is 16.5 Å². The van der Waals surface area contributed by atoms with Crippen LogP contribution in [0.5, 0.6) is 0 Å². The lowest BCUT2D eigenvalue weighted by Gasteiger charge is -2.43. The summed E-state index contributed by atoms with van der Waals surface area (Å²) in [5.74, 6) is -1.73. The number of amides is 3. The second-order valence-electron chi connectivity index (χ2n) is 8.71. The Morgan fingerprint density at radius 1 is 1.26 bits per heavy atom. The zero-order chi connectivity index (χ0) is 25.3.